The number of rotatable bonds is 2. The number of halogens is 3. The second-order valence-electron chi connectivity index (χ2n) is 3.54. The molecule has 1 heterocycles. The zero-order chi connectivity index (χ0) is 11.7. The minimum Gasteiger partial charge on any atom is -0.267 e. The Morgan fingerprint density at radius 1 is 1.50 bits per heavy atom. The SMILES string of the molecule is Cc1cn(Cc2ccc(F)cc2Cl)nc1I. The zero-order valence-electron chi connectivity index (χ0n) is 8.54. The van der Waals surface area contributed by atoms with Crippen molar-refractivity contribution in [1.82, 2.24) is 9.78 Å². The first-order valence-corrected chi connectivity index (χ1v) is 6.15. The third-order valence-corrected chi connectivity index (χ3v) is 3.65. The van der Waals surface area contributed by atoms with E-state index in [1.165, 1.54) is 12.1 Å². The lowest BCUT2D eigenvalue weighted by molar-refractivity contribution is 0.624. The normalized spacial score (nSPS) is 10.8. The van der Waals surface area contributed by atoms with Gasteiger partial charge in [-0.25, -0.2) is 4.39 Å². The number of hydrogen-bond acceptors (Lipinski definition) is 1. The molecule has 0 aliphatic carbocycles. The van der Waals surface area contributed by atoms with Crippen LogP contribution in [0.5, 0.6) is 0 Å². The molecule has 0 radical (unpaired) electrons. The molecule has 0 bridgehead atoms. The van der Waals surface area contributed by atoms with Gasteiger partial charge in [-0.1, -0.05) is 17.7 Å². The molecule has 0 amide bonds. The molecule has 0 fully saturated rings. The molecule has 0 aliphatic heterocycles. The van der Waals surface area contributed by atoms with Crippen molar-refractivity contribution in [1.29, 1.82) is 0 Å². The van der Waals surface area contributed by atoms with Crippen molar-refractivity contribution >= 4 is 34.2 Å². The van der Waals surface area contributed by atoms with Crippen molar-refractivity contribution in [3.63, 3.8) is 0 Å². The van der Waals surface area contributed by atoms with Crippen LogP contribution < -0.4 is 0 Å². The number of hydrogen-bond donors (Lipinski definition) is 0. The number of benzene rings is 1. The molecule has 5 heteroatoms. The van der Waals surface area contributed by atoms with Gasteiger partial charge in [0.25, 0.3) is 0 Å². The second kappa shape index (κ2) is 4.71. The second-order valence-corrected chi connectivity index (χ2v) is 4.97. The molecule has 2 aromatic rings. The van der Waals surface area contributed by atoms with Gasteiger partial charge in [-0.05, 0) is 47.2 Å². The van der Waals surface area contributed by atoms with Crippen molar-refractivity contribution < 1.29 is 4.39 Å². The average molecular weight is 351 g/mol. The van der Waals surface area contributed by atoms with Crippen molar-refractivity contribution in [2.75, 3.05) is 0 Å². The highest BCUT2D eigenvalue weighted by Crippen LogP contribution is 2.19. The van der Waals surface area contributed by atoms with Crippen LogP contribution in [0.25, 0.3) is 0 Å². The van der Waals surface area contributed by atoms with E-state index in [0.29, 0.717) is 11.6 Å². The molecular weight excluding hydrogens is 341 g/mol. The van der Waals surface area contributed by atoms with E-state index >= 15 is 0 Å². The Bertz CT molecular complexity index is 505. The van der Waals surface area contributed by atoms with Crippen LogP contribution in [0.4, 0.5) is 4.39 Å². The molecule has 1 aromatic carbocycles. The van der Waals surface area contributed by atoms with Gasteiger partial charge in [0.15, 0.2) is 0 Å². The predicted molar refractivity (Wildman–Crippen MR) is 70.2 cm³/mol. The molecule has 0 spiro atoms. The summed E-state index contributed by atoms with van der Waals surface area (Å²) in [6, 6.07) is 4.41. The van der Waals surface area contributed by atoms with Gasteiger partial charge in [-0.15, -0.1) is 0 Å². The molecule has 84 valence electrons. The van der Waals surface area contributed by atoms with E-state index in [4.69, 9.17) is 11.6 Å². The van der Waals surface area contributed by atoms with Gasteiger partial charge >= 0.3 is 0 Å². The molecule has 0 saturated heterocycles. The number of aromatic nitrogens is 2. The Morgan fingerprint density at radius 2 is 2.25 bits per heavy atom. The van der Waals surface area contributed by atoms with Crippen LogP contribution in [0.15, 0.2) is 24.4 Å². The van der Waals surface area contributed by atoms with Gasteiger partial charge in [0.1, 0.15) is 9.52 Å². The molecule has 0 atom stereocenters. The topological polar surface area (TPSA) is 17.8 Å². The maximum atomic E-state index is 12.8. The highest BCUT2D eigenvalue weighted by molar-refractivity contribution is 14.1. The van der Waals surface area contributed by atoms with Gasteiger partial charge in [0, 0.05) is 16.8 Å². The van der Waals surface area contributed by atoms with E-state index in [1.807, 2.05) is 13.1 Å². The van der Waals surface area contributed by atoms with Crippen LogP contribution in [0.3, 0.4) is 0 Å². The molecule has 2 rings (SSSR count). The largest absolute Gasteiger partial charge is 0.267 e. The van der Waals surface area contributed by atoms with Gasteiger partial charge in [-0.2, -0.15) is 5.10 Å². The fourth-order valence-corrected chi connectivity index (χ4v) is 2.05. The molecule has 0 saturated carbocycles. The fourth-order valence-electron chi connectivity index (χ4n) is 1.40. The standard InChI is InChI=1S/C11H9ClFIN2/c1-7-5-16(15-11(7)14)6-8-2-3-9(13)4-10(8)12/h2-5H,6H2,1H3. The number of nitrogens with zero attached hydrogens (tertiary/aromatic N) is 2. The third kappa shape index (κ3) is 2.55. The molecule has 2 nitrogen and oxygen atoms in total. The lowest BCUT2D eigenvalue weighted by Gasteiger charge is -2.04. The molecule has 0 aliphatic rings. The first-order valence-electron chi connectivity index (χ1n) is 4.70. The van der Waals surface area contributed by atoms with Crippen molar-refractivity contribution in [2.24, 2.45) is 0 Å². The molecule has 0 N–H and O–H groups in total. The van der Waals surface area contributed by atoms with Crippen LogP contribution in [0, 0.1) is 16.4 Å². The van der Waals surface area contributed by atoms with Crippen LogP contribution in [-0.2, 0) is 6.54 Å². The van der Waals surface area contributed by atoms with Crippen molar-refractivity contribution in [2.45, 2.75) is 13.5 Å². The van der Waals surface area contributed by atoms with E-state index in [0.717, 1.165) is 14.8 Å². The van der Waals surface area contributed by atoms with Crippen LogP contribution in [0.2, 0.25) is 5.02 Å². The first kappa shape index (κ1) is 11.9. The van der Waals surface area contributed by atoms with Crippen LogP contribution in [0.1, 0.15) is 11.1 Å². The van der Waals surface area contributed by atoms with Crippen LogP contribution >= 0.6 is 34.2 Å². The fraction of sp³-hybridized carbons (Fsp3) is 0.182. The minimum atomic E-state index is -0.319. The predicted octanol–water partition coefficient (Wildman–Crippen LogP) is 3.64. The van der Waals surface area contributed by atoms with Crippen molar-refractivity contribution in [3.8, 4) is 0 Å². The molecular formula is C11H9ClFIN2. The highest BCUT2D eigenvalue weighted by atomic mass is 127. The first-order chi connectivity index (χ1) is 7.56. The lowest BCUT2D eigenvalue weighted by Crippen LogP contribution is -2.01. The monoisotopic (exact) mass is 350 g/mol. The minimum absolute atomic E-state index is 0.319. The summed E-state index contributed by atoms with van der Waals surface area (Å²) < 4.78 is 15.6. The Morgan fingerprint density at radius 3 is 2.81 bits per heavy atom. The maximum Gasteiger partial charge on any atom is 0.126 e. The van der Waals surface area contributed by atoms with Gasteiger partial charge in [0.2, 0.25) is 0 Å². The Balaban J connectivity index is 2.27. The van der Waals surface area contributed by atoms with E-state index in [-0.39, 0.29) is 5.82 Å². The molecule has 16 heavy (non-hydrogen) atoms. The summed E-state index contributed by atoms with van der Waals surface area (Å²) in [5, 5.41) is 4.75. The van der Waals surface area contributed by atoms with E-state index < -0.39 is 0 Å². The third-order valence-electron chi connectivity index (χ3n) is 2.23. The quantitative estimate of drug-likeness (QED) is 0.756. The van der Waals surface area contributed by atoms with E-state index in [2.05, 4.69) is 27.7 Å². The Hall–Kier alpha value is -0.620. The smallest absolute Gasteiger partial charge is 0.126 e. The van der Waals surface area contributed by atoms with E-state index in [9.17, 15) is 4.39 Å². The van der Waals surface area contributed by atoms with Gasteiger partial charge in [-0.3, -0.25) is 4.68 Å². The van der Waals surface area contributed by atoms with Gasteiger partial charge < -0.3 is 0 Å². The Labute approximate surface area is 112 Å². The summed E-state index contributed by atoms with van der Waals surface area (Å²) in [6.45, 7) is 2.56. The highest BCUT2D eigenvalue weighted by Gasteiger charge is 2.05. The summed E-state index contributed by atoms with van der Waals surface area (Å²) in [6.07, 6.45) is 1.95. The lowest BCUT2D eigenvalue weighted by atomic mass is 10.2. The summed E-state index contributed by atoms with van der Waals surface area (Å²) in [5.74, 6) is -0.319. The summed E-state index contributed by atoms with van der Waals surface area (Å²) in [4.78, 5) is 0. The number of aryl methyl sites for hydroxylation is 1. The Kier molecular flexibility index (Phi) is 3.49. The van der Waals surface area contributed by atoms with Crippen molar-refractivity contribution in [3.05, 3.63) is 50.1 Å². The van der Waals surface area contributed by atoms with Crippen LogP contribution in [-0.4, -0.2) is 9.78 Å². The average Bonchev–Trinajstić information content (AvgIpc) is 2.51. The summed E-state index contributed by atoms with van der Waals surface area (Å²) >= 11 is 8.12. The maximum absolute atomic E-state index is 12.8. The summed E-state index contributed by atoms with van der Waals surface area (Å²) in [5.41, 5.74) is 1.99. The summed E-state index contributed by atoms with van der Waals surface area (Å²) in [7, 11) is 0. The molecule has 0 unspecified atom stereocenters. The van der Waals surface area contributed by atoms with Gasteiger partial charge in [0.05, 0.1) is 6.54 Å². The van der Waals surface area contributed by atoms with E-state index in [1.54, 1.807) is 10.7 Å². The zero-order valence-corrected chi connectivity index (χ0v) is 11.5. The molecule has 1 aromatic heterocycles.